The van der Waals surface area contributed by atoms with E-state index in [0.717, 1.165) is 6.42 Å². The van der Waals surface area contributed by atoms with Gasteiger partial charge in [-0.15, -0.1) is 0 Å². The molecule has 0 bridgehead atoms. The maximum Gasteiger partial charge on any atom is 0.407 e. The number of methoxy groups -OCH3 is 1. The van der Waals surface area contributed by atoms with E-state index in [0.29, 0.717) is 36.0 Å². The van der Waals surface area contributed by atoms with Gasteiger partial charge >= 0.3 is 6.09 Å². The Morgan fingerprint density at radius 2 is 2.00 bits per heavy atom. The zero-order chi connectivity index (χ0) is 18.5. The molecule has 1 aromatic carbocycles. The van der Waals surface area contributed by atoms with Crippen LogP contribution in [0.1, 0.15) is 16.8 Å². The SMILES string of the molecule is COC(=O)N[C@H]1CCN(c2ncc(C(=O)Nc3ccccc3N)cn2)C1. The fourth-order valence-corrected chi connectivity index (χ4v) is 2.69. The maximum atomic E-state index is 12.3. The van der Waals surface area contributed by atoms with Gasteiger partial charge in [-0.05, 0) is 18.6 Å². The molecular weight excluding hydrogens is 336 g/mol. The first-order valence-electron chi connectivity index (χ1n) is 8.14. The number of benzene rings is 1. The van der Waals surface area contributed by atoms with E-state index in [1.165, 1.54) is 19.5 Å². The lowest BCUT2D eigenvalue weighted by atomic mass is 10.2. The number of hydrogen-bond acceptors (Lipinski definition) is 7. The van der Waals surface area contributed by atoms with Crippen LogP contribution in [0, 0.1) is 0 Å². The van der Waals surface area contributed by atoms with E-state index in [2.05, 4.69) is 25.3 Å². The van der Waals surface area contributed by atoms with Crippen molar-refractivity contribution in [2.24, 2.45) is 0 Å². The second-order valence-corrected chi connectivity index (χ2v) is 5.88. The normalized spacial score (nSPS) is 16.2. The zero-order valence-electron chi connectivity index (χ0n) is 14.3. The lowest BCUT2D eigenvalue weighted by Gasteiger charge is -2.16. The van der Waals surface area contributed by atoms with Crippen LogP contribution in [0.3, 0.4) is 0 Å². The number of anilines is 3. The summed E-state index contributed by atoms with van der Waals surface area (Å²) in [7, 11) is 1.33. The van der Waals surface area contributed by atoms with Crippen LogP contribution < -0.4 is 21.3 Å². The molecule has 2 heterocycles. The second kappa shape index (κ2) is 7.68. The van der Waals surface area contributed by atoms with E-state index in [1.807, 2.05) is 4.90 Å². The standard InChI is InChI=1S/C17H20N6O3/c1-26-17(25)21-12-6-7-23(10-12)16-19-8-11(9-20-16)15(24)22-14-5-3-2-4-13(14)18/h2-5,8-9,12H,6-7,10,18H2,1H3,(H,21,25)(H,22,24)/t12-/m0/s1. The van der Waals surface area contributed by atoms with Crippen molar-refractivity contribution in [3.8, 4) is 0 Å². The average molecular weight is 356 g/mol. The number of amides is 2. The summed E-state index contributed by atoms with van der Waals surface area (Å²) in [6, 6.07) is 7.00. The van der Waals surface area contributed by atoms with Gasteiger partial charge in [0.1, 0.15) is 0 Å². The van der Waals surface area contributed by atoms with E-state index in [9.17, 15) is 9.59 Å². The molecule has 0 saturated carbocycles. The Morgan fingerprint density at radius 3 is 2.69 bits per heavy atom. The minimum atomic E-state index is -0.454. The molecule has 1 fully saturated rings. The molecule has 1 atom stereocenters. The van der Waals surface area contributed by atoms with Crippen LogP contribution in [0.25, 0.3) is 0 Å². The predicted molar refractivity (Wildman–Crippen MR) is 97.0 cm³/mol. The zero-order valence-corrected chi connectivity index (χ0v) is 14.3. The highest BCUT2D eigenvalue weighted by molar-refractivity contribution is 6.05. The van der Waals surface area contributed by atoms with E-state index in [4.69, 9.17) is 5.73 Å². The number of aromatic nitrogens is 2. The lowest BCUT2D eigenvalue weighted by molar-refractivity contribution is 0.102. The maximum absolute atomic E-state index is 12.3. The fraction of sp³-hybridized carbons (Fsp3) is 0.294. The number of alkyl carbamates (subject to hydrolysis) is 1. The third kappa shape index (κ3) is 4.00. The third-order valence-electron chi connectivity index (χ3n) is 4.09. The smallest absolute Gasteiger partial charge is 0.407 e. The molecule has 1 aliphatic heterocycles. The molecule has 0 spiro atoms. The van der Waals surface area contributed by atoms with Crippen LogP contribution in [0.5, 0.6) is 0 Å². The summed E-state index contributed by atoms with van der Waals surface area (Å²) in [5.74, 6) is 0.177. The Morgan fingerprint density at radius 1 is 1.27 bits per heavy atom. The van der Waals surface area contributed by atoms with Crippen LogP contribution in [0.2, 0.25) is 0 Å². The first kappa shape index (κ1) is 17.5. The van der Waals surface area contributed by atoms with Gasteiger partial charge in [0, 0.05) is 25.5 Å². The van der Waals surface area contributed by atoms with E-state index < -0.39 is 6.09 Å². The summed E-state index contributed by atoms with van der Waals surface area (Å²) >= 11 is 0. The molecule has 136 valence electrons. The predicted octanol–water partition coefficient (Wildman–Crippen LogP) is 1.25. The molecular formula is C17H20N6O3. The van der Waals surface area contributed by atoms with Gasteiger partial charge in [-0.2, -0.15) is 0 Å². The minimum absolute atomic E-state index is 0.0184. The molecule has 0 aliphatic carbocycles. The van der Waals surface area contributed by atoms with Gasteiger partial charge in [0.25, 0.3) is 5.91 Å². The van der Waals surface area contributed by atoms with Crippen LogP contribution in [-0.2, 0) is 4.74 Å². The van der Waals surface area contributed by atoms with E-state index in [-0.39, 0.29) is 11.9 Å². The van der Waals surface area contributed by atoms with Crippen molar-refractivity contribution in [2.45, 2.75) is 12.5 Å². The van der Waals surface area contributed by atoms with Crippen molar-refractivity contribution >= 4 is 29.3 Å². The molecule has 1 aliphatic rings. The van der Waals surface area contributed by atoms with Crippen molar-refractivity contribution < 1.29 is 14.3 Å². The summed E-state index contributed by atoms with van der Waals surface area (Å²) in [4.78, 5) is 34.0. The number of carbonyl (C=O) groups excluding carboxylic acids is 2. The van der Waals surface area contributed by atoms with Gasteiger partial charge in [0.15, 0.2) is 0 Å². The molecule has 2 aromatic rings. The van der Waals surface area contributed by atoms with Gasteiger partial charge in [-0.1, -0.05) is 12.1 Å². The fourth-order valence-electron chi connectivity index (χ4n) is 2.69. The number of rotatable bonds is 4. The van der Waals surface area contributed by atoms with E-state index >= 15 is 0 Å². The molecule has 9 heteroatoms. The second-order valence-electron chi connectivity index (χ2n) is 5.88. The van der Waals surface area contributed by atoms with Crippen LogP contribution >= 0.6 is 0 Å². The van der Waals surface area contributed by atoms with Crippen molar-refractivity contribution in [1.82, 2.24) is 15.3 Å². The molecule has 9 nitrogen and oxygen atoms in total. The summed E-state index contributed by atoms with van der Waals surface area (Å²) in [5.41, 5.74) is 7.18. The summed E-state index contributed by atoms with van der Waals surface area (Å²) in [6.07, 6.45) is 3.26. The van der Waals surface area contributed by atoms with Crippen LogP contribution in [0.15, 0.2) is 36.7 Å². The third-order valence-corrected chi connectivity index (χ3v) is 4.09. The number of ether oxygens (including phenoxy) is 1. The van der Waals surface area contributed by atoms with Gasteiger partial charge in [-0.3, -0.25) is 4.79 Å². The Bertz CT molecular complexity index is 795. The highest BCUT2D eigenvalue weighted by Gasteiger charge is 2.26. The Hall–Kier alpha value is -3.36. The highest BCUT2D eigenvalue weighted by atomic mass is 16.5. The molecule has 0 unspecified atom stereocenters. The number of nitrogens with one attached hydrogen (secondary N) is 2. The minimum Gasteiger partial charge on any atom is -0.453 e. The van der Waals surface area contributed by atoms with Gasteiger partial charge in [-0.25, -0.2) is 14.8 Å². The van der Waals surface area contributed by atoms with Crippen LogP contribution in [0.4, 0.5) is 22.1 Å². The monoisotopic (exact) mass is 356 g/mol. The van der Waals surface area contributed by atoms with Crippen molar-refractivity contribution in [3.05, 3.63) is 42.2 Å². The topological polar surface area (TPSA) is 122 Å². The van der Waals surface area contributed by atoms with Crippen molar-refractivity contribution in [2.75, 3.05) is 36.1 Å². The molecule has 0 radical (unpaired) electrons. The number of nitrogens with zero attached hydrogens (tertiary/aromatic N) is 3. The summed E-state index contributed by atoms with van der Waals surface area (Å²) in [5, 5.41) is 5.49. The molecule has 26 heavy (non-hydrogen) atoms. The van der Waals surface area contributed by atoms with Gasteiger partial charge < -0.3 is 26.0 Å². The summed E-state index contributed by atoms with van der Waals surface area (Å²) < 4.78 is 4.60. The first-order valence-corrected chi connectivity index (χ1v) is 8.14. The first-order chi connectivity index (χ1) is 12.6. The Kier molecular flexibility index (Phi) is 5.16. The number of nitrogen functional groups attached to an aromatic ring is 1. The van der Waals surface area contributed by atoms with Crippen molar-refractivity contribution in [1.29, 1.82) is 0 Å². The lowest BCUT2D eigenvalue weighted by Crippen LogP contribution is -2.37. The van der Waals surface area contributed by atoms with Gasteiger partial charge in [0.05, 0.1) is 30.1 Å². The molecule has 1 saturated heterocycles. The van der Waals surface area contributed by atoms with E-state index in [1.54, 1.807) is 24.3 Å². The Labute approximate surface area is 150 Å². The molecule has 1 aromatic heterocycles. The quantitative estimate of drug-likeness (QED) is 0.705. The average Bonchev–Trinajstić information content (AvgIpc) is 3.12. The molecule has 4 N–H and O–H groups in total. The largest absolute Gasteiger partial charge is 0.453 e. The number of carbonyl (C=O) groups is 2. The van der Waals surface area contributed by atoms with Gasteiger partial charge in [0.2, 0.25) is 5.95 Å². The number of para-hydroxylation sites is 2. The number of hydrogen-bond donors (Lipinski definition) is 3. The van der Waals surface area contributed by atoms with Crippen LogP contribution in [-0.4, -0.2) is 48.2 Å². The molecule has 2 amide bonds. The highest BCUT2D eigenvalue weighted by Crippen LogP contribution is 2.19. The van der Waals surface area contributed by atoms with Crippen molar-refractivity contribution in [3.63, 3.8) is 0 Å². The number of nitrogens with two attached hydrogens (primary N) is 1. The molecule has 3 rings (SSSR count). The summed E-state index contributed by atoms with van der Waals surface area (Å²) in [6.45, 7) is 1.29. The Balaban J connectivity index is 1.61.